The summed E-state index contributed by atoms with van der Waals surface area (Å²) >= 11 is 0. The molecule has 3 nitrogen and oxygen atoms in total. The predicted molar refractivity (Wildman–Crippen MR) is 72.7 cm³/mol. The van der Waals surface area contributed by atoms with Crippen molar-refractivity contribution in [3.63, 3.8) is 0 Å². The molecule has 0 aliphatic heterocycles. The molecule has 0 bridgehead atoms. The number of hydrogen-bond acceptors (Lipinski definition) is 2. The molecule has 0 unspecified atom stereocenters. The minimum Gasteiger partial charge on any atom is -0.493 e. The summed E-state index contributed by atoms with van der Waals surface area (Å²) in [6.45, 7) is 2.85. The van der Waals surface area contributed by atoms with Crippen molar-refractivity contribution in [2.24, 2.45) is 0 Å². The minimum atomic E-state index is -0.951. The summed E-state index contributed by atoms with van der Waals surface area (Å²) in [5, 5.41) is 8.61. The van der Waals surface area contributed by atoms with Gasteiger partial charge in [-0.25, -0.2) is 4.79 Å². The van der Waals surface area contributed by atoms with Gasteiger partial charge in [-0.2, -0.15) is 0 Å². The van der Waals surface area contributed by atoms with E-state index in [1.807, 2.05) is 24.3 Å². The fourth-order valence-corrected chi connectivity index (χ4v) is 1.62. The lowest BCUT2D eigenvalue weighted by molar-refractivity contribution is -0.131. The van der Waals surface area contributed by atoms with Gasteiger partial charge in [-0.05, 0) is 18.6 Å². The molecule has 98 valence electrons. The summed E-state index contributed by atoms with van der Waals surface area (Å²) < 4.78 is 5.67. The molecule has 0 aromatic heterocycles. The molecule has 0 atom stereocenters. The zero-order valence-corrected chi connectivity index (χ0v) is 10.8. The number of hydrogen-bond donors (Lipinski definition) is 1. The van der Waals surface area contributed by atoms with Crippen molar-refractivity contribution in [2.75, 3.05) is 6.61 Å². The molecule has 0 aliphatic rings. The highest BCUT2D eigenvalue weighted by Gasteiger charge is 2.00. The third-order valence-corrected chi connectivity index (χ3v) is 2.58. The van der Waals surface area contributed by atoms with Gasteiger partial charge in [0.05, 0.1) is 6.61 Å². The summed E-state index contributed by atoms with van der Waals surface area (Å²) in [6, 6.07) is 7.47. The Morgan fingerprint density at radius 1 is 1.28 bits per heavy atom. The SMILES string of the molecule is CCCCCCOc1ccccc1C=CC(=O)O. The molecular formula is C15H20O3. The Labute approximate surface area is 108 Å². The molecule has 3 heteroatoms. The van der Waals surface area contributed by atoms with Gasteiger partial charge >= 0.3 is 5.97 Å². The predicted octanol–water partition coefficient (Wildman–Crippen LogP) is 3.74. The van der Waals surface area contributed by atoms with Crippen LogP contribution in [0, 0.1) is 0 Å². The van der Waals surface area contributed by atoms with Gasteiger partial charge in [-0.1, -0.05) is 44.4 Å². The number of aliphatic carboxylic acids is 1. The maximum atomic E-state index is 10.5. The second-order valence-electron chi connectivity index (χ2n) is 4.12. The zero-order chi connectivity index (χ0) is 13.2. The van der Waals surface area contributed by atoms with E-state index in [0.717, 1.165) is 23.8 Å². The van der Waals surface area contributed by atoms with Gasteiger partial charge in [0.2, 0.25) is 0 Å². The minimum absolute atomic E-state index is 0.678. The summed E-state index contributed by atoms with van der Waals surface area (Å²) in [5.41, 5.74) is 0.801. The van der Waals surface area contributed by atoms with Gasteiger partial charge in [0, 0.05) is 11.6 Å². The van der Waals surface area contributed by atoms with Crippen molar-refractivity contribution >= 4 is 12.0 Å². The van der Waals surface area contributed by atoms with E-state index in [1.165, 1.54) is 19.3 Å². The highest BCUT2D eigenvalue weighted by Crippen LogP contribution is 2.19. The molecule has 0 radical (unpaired) electrons. The van der Waals surface area contributed by atoms with Gasteiger partial charge in [-0.3, -0.25) is 0 Å². The maximum absolute atomic E-state index is 10.5. The van der Waals surface area contributed by atoms with Crippen LogP contribution in [0.15, 0.2) is 30.3 Å². The fourth-order valence-electron chi connectivity index (χ4n) is 1.62. The van der Waals surface area contributed by atoms with Crippen LogP contribution in [0.1, 0.15) is 38.2 Å². The summed E-state index contributed by atoms with van der Waals surface area (Å²) in [5.74, 6) is -0.209. The van der Waals surface area contributed by atoms with E-state index >= 15 is 0 Å². The Bertz CT molecular complexity index is 396. The first-order valence-corrected chi connectivity index (χ1v) is 6.37. The molecule has 1 N–H and O–H groups in total. The Morgan fingerprint density at radius 3 is 2.78 bits per heavy atom. The molecule has 0 fully saturated rings. The molecule has 1 aromatic rings. The number of benzene rings is 1. The Morgan fingerprint density at radius 2 is 2.06 bits per heavy atom. The van der Waals surface area contributed by atoms with Crippen LogP contribution >= 0.6 is 0 Å². The average molecular weight is 248 g/mol. The average Bonchev–Trinajstić information content (AvgIpc) is 2.37. The number of carbonyl (C=O) groups is 1. The molecule has 0 aliphatic carbocycles. The first kappa shape index (κ1) is 14.3. The fraction of sp³-hybridized carbons (Fsp3) is 0.400. The second-order valence-corrected chi connectivity index (χ2v) is 4.12. The third kappa shape index (κ3) is 5.53. The molecule has 18 heavy (non-hydrogen) atoms. The first-order valence-electron chi connectivity index (χ1n) is 6.37. The lowest BCUT2D eigenvalue weighted by Gasteiger charge is -2.08. The van der Waals surface area contributed by atoms with E-state index in [0.29, 0.717) is 6.61 Å². The quantitative estimate of drug-likeness (QED) is 0.563. The van der Waals surface area contributed by atoms with Crippen LogP contribution in [0.5, 0.6) is 5.75 Å². The van der Waals surface area contributed by atoms with E-state index in [9.17, 15) is 4.79 Å². The summed E-state index contributed by atoms with van der Waals surface area (Å²) in [6.07, 6.45) is 7.32. The van der Waals surface area contributed by atoms with Crippen LogP contribution in [0.2, 0.25) is 0 Å². The van der Waals surface area contributed by atoms with E-state index in [-0.39, 0.29) is 0 Å². The highest BCUT2D eigenvalue weighted by atomic mass is 16.5. The molecular weight excluding hydrogens is 228 g/mol. The lowest BCUT2D eigenvalue weighted by Crippen LogP contribution is -1.98. The van der Waals surface area contributed by atoms with Crippen molar-refractivity contribution in [1.82, 2.24) is 0 Å². The lowest BCUT2D eigenvalue weighted by atomic mass is 10.2. The number of unbranched alkanes of at least 4 members (excludes halogenated alkanes) is 3. The van der Waals surface area contributed by atoms with E-state index in [4.69, 9.17) is 9.84 Å². The largest absolute Gasteiger partial charge is 0.493 e. The zero-order valence-electron chi connectivity index (χ0n) is 10.8. The first-order chi connectivity index (χ1) is 8.74. The topological polar surface area (TPSA) is 46.5 Å². The molecule has 1 rings (SSSR count). The number of ether oxygens (including phenoxy) is 1. The van der Waals surface area contributed by atoms with Crippen LogP contribution in [-0.2, 0) is 4.79 Å². The van der Waals surface area contributed by atoms with Crippen LogP contribution in [0.4, 0.5) is 0 Å². The van der Waals surface area contributed by atoms with Crippen molar-refractivity contribution < 1.29 is 14.6 Å². The van der Waals surface area contributed by atoms with Crippen molar-refractivity contribution in [2.45, 2.75) is 32.6 Å². The Balaban J connectivity index is 2.51. The molecule has 0 saturated carbocycles. The molecule has 0 heterocycles. The Hall–Kier alpha value is -1.77. The van der Waals surface area contributed by atoms with Crippen molar-refractivity contribution in [3.05, 3.63) is 35.9 Å². The molecule has 0 saturated heterocycles. The van der Waals surface area contributed by atoms with Gasteiger partial charge in [0.15, 0.2) is 0 Å². The summed E-state index contributed by atoms with van der Waals surface area (Å²) in [7, 11) is 0. The standard InChI is InChI=1S/C15H20O3/c1-2-3-4-7-12-18-14-9-6-5-8-13(14)10-11-15(16)17/h5-6,8-11H,2-4,7,12H2,1H3,(H,16,17). The third-order valence-electron chi connectivity index (χ3n) is 2.58. The van der Waals surface area contributed by atoms with Gasteiger partial charge in [-0.15, -0.1) is 0 Å². The Kier molecular flexibility index (Phi) is 6.62. The number of carboxylic acid groups (broad SMARTS) is 1. The van der Waals surface area contributed by atoms with Gasteiger partial charge in [0.25, 0.3) is 0 Å². The van der Waals surface area contributed by atoms with Crippen LogP contribution < -0.4 is 4.74 Å². The number of rotatable bonds is 8. The number of carboxylic acids is 1. The van der Waals surface area contributed by atoms with Crippen molar-refractivity contribution in [3.8, 4) is 5.75 Å². The van der Waals surface area contributed by atoms with E-state index < -0.39 is 5.97 Å². The van der Waals surface area contributed by atoms with Crippen LogP contribution in [-0.4, -0.2) is 17.7 Å². The second kappa shape index (κ2) is 8.34. The molecule has 1 aromatic carbocycles. The maximum Gasteiger partial charge on any atom is 0.328 e. The summed E-state index contributed by atoms with van der Waals surface area (Å²) in [4.78, 5) is 10.5. The van der Waals surface area contributed by atoms with Crippen molar-refractivity contribution in [1.29, 1.82) is 0 Å². The van der Waals surface area contributed by atoms with Gasteiger partial charge < -0.3 is 9.84 Å². The smallest absolute Gasteiger partial charge is 0.328 e. The molecule has 0 amide bonds. The molecule has 0 spiro atoms. The van der Waals surface area contributed by atoms with Crippen LogP contribution in [0.25, 0.3) is 6.08 Å². The monoisotopic (exact) mass is 248 g/mol. The van der Waals surface area contributed by atoms with E-state index in [2.05, 4.69) is 6.92 Å². The number of para-hydroxylation sites is 1. The van der Waals surface area contributed by atoms with Gasteiger partial charge in [0.1, 0.15) is 5.75 Å². The van der Waals surface area contributed by atoms with E-state index in [1.54, 1.807) is 6.08 Å². The highest BCUT2D eigenvalue weighted by molar-refractivity contribution is 5.85. The normalized spacial score (nSPS) is 10.7. The van der Waals surface area contributed by atoms with Crippen LogP contribution in [0.3, 0.4) is 0 Å².